The first-order chi connectivity index (χ1) is 14.3. The van der Waals surface area contributed by atoms with E-state index in [2.05, 4.69) is 10.2 Å². The van der Waals surface area contributed by atoms with Crippen LogP contribution in [0.3, 0.4) is 0 Å². The molecule has 0 radical (unpaired) electrons. The van der Waals surface area contributed by atoms with E-state index < -0.39 is 17.0 Å². The summed E-state index contributed by atoms with van der Waals surface area (Å²) in [5.41, 5.74) is 2.56. The second-order valence-corrected chi connectivity index (χ2v) is 6.75. The van der Waals surface area contributed by atoms with Gasteiger partial charge in [-0.25, -0.2) is 0 Å². The van der Waals surface area contributed by atoms with Crippen LogP contribution in [0, 0.1) is 24.0 Å². The monoisotopic (exact) mass is 411 g/mol. The lowest BCUT2D eigenvalue weighted by molar-refractivity contribution is -0.384. The van der Waals surface area contributed by atoms with Gasteiger partial charge >= 0.3 is 5.97 Å². The number of carbonyl (C=O) groups is 1. The third-order valence-corrected chi connectivity index (χ3v) is 4.33. The molecular weight excluding hydrogens is 390 g/mol. The molecule has 0 saturated heterocycles. The minimum Gasteiger partial charge on any atom is -0.493 e. The van der Waals surface area contributed by atoms with Gasteiger partial charge < -0.3 is 13.9 Å². The van der Waals surface area contributed by atoms with Crippen molar-refractivity contribution in [3.8, 4) is 17.2 Å². The Hall–Kier alpha value is -3.75. The molecule has 30 heavy (non-hydrogen) atoms. The number of non-ortho nitro benzene ring substituents is 1. The van der Waals surface area contributed by atoms with Gasteiger partial charge in [-0.2, -0.15) is 0 Å². The van der Waals surface area contributed by atoms with E-state index in [1.165, 1.54) is 24.3 Å². The molecule has 9 heteroatoms. The molecule has 0 spiro atoms. The zero-order valence-corrected chi connectivity index (χ0v) is 16.8. The highest BCUT2D eigenvalue weighted by Gasteiger charge is 2.19. The average molecular weight is 411 g/mol. The van der Waals surface area contributed by atoms with Crippen molar-refractivity contribution in [2.45, 2.75) is 33.3 Å². The number of hydrogen-bond acceptors (Lipinski definition) is 8. The first-order valence-electron chi connectivity index (χ1n) is 9.31. The Labute approximate surface area is 172 Å². The van der Waals surface area contributed by atoms with E-state index in [-0.39, 0.29) is 30.5 Å². The molecule has 1 atom stereocenters. The van der Waals surface area contributed by atoms with Gasteiger partial charge in [-0.3, -0.25) is 14.9 Å². The van der Waals surface area contributed by atoms with Crippen LogP contribution in [0.2, 0.25) is 0 Å². The molecule has 0 N–H and O–H groups in total. The second-order valence-electron chi connectivity index (χ2n) is 6.75. The van der Waals surface area contributed by atoms with Crippen LogP contribution in [0.1, 0.15) is 36.5 Å². The van der Waals surface area contributed by atoms with Crippen LogP contribution in [-0.4, -0.2) is 27.7 Å². The maximum Gasteiger partial charge on any atom is 0.310 e. The van der Waals surface area contributed by atoms with E-state index in [0.717, 1.165) is 16.9 Å². The minimum atomic E-state index is -0.738. The fraction of sp³-hybridized carbons (Fsp3) is 0.286. The van der Waals surface area contributed by atoms with E-state index >= 15 is 0 Å². The van der Waals surface area contributed by atoms with Crippen molar-refractivity contribution in [1.29, 1.82) is 0 Å². The number of nitrogens with zero attached hydrogens (tertiary/aromatic N) is 3. The van der Waals surface area contributed by atoms with Crippen LogP contribution in [0.4, 0.5) is 5.69 Å². The fourth-order valence-electron chi connectivity index (χ4n) is 2.65. The van der Waals surface area contributed by atoms with Gasteiger partial charge in [-0.1, -0.05) is 12.1 Å². The Kier molecular flexibility index (Phi) is 6.41. The molecular formula is C21H21N3O6. The molecule has 0 unspecified atom stereocenters. The Morgan fingerprint density at radius 3 is 2.60 bits per heavy atom. The van der Waals surface area contributed by atoms with Crippen molar-refractivity contribution in [3.05, 3.63) is 69.6 Å². The van der Waals surface area contributed by atoms with Crippen molar-refractivity contribution in [2.75, 3.05) is 6.61 Å². The number of hydrogen-bond donors (Lipinski definition) is 0. The van der Waals surface area contributed by atoms with E-state index in [9.17, 15) is 14.9 Å². The third kappa shape index (κ3) is 5.19. The summed E-state index contributed by atoms with van der Waals surface area (Å²) >= 11 is 0. The molecule has 3 rings (SSSR count). The Morgan fingerprint density at radius 1 is 1.17 bits per heavy atom. The molecule has 3 aromatic rings. The molecule has 0 aliphatic heterocycles. The first kappa shape index (κ1) is 21.0. The van der Waals surface area contributed by atoms with Gasteiger partial charge in [0.25, 0.3) is 11.6 Å². The summed E-state index contributed by atoms with van der Waals surface area (Å²) in [5.74, 6) is 0.594. The van der Waals surface area contributed by atoms with Gasteiger partial charge in [-0.05, 0) is 50.1 Å². The predicted molar refractivity (Wildman–Crippen MR) is 107 cm³/mol. The lowest BCUT2D eigenvalue weighted by atomic mass is 10.1. The maximum absolute atomic E-state index is 12.1. The summed E-state index contributed by atoms with van der Waals surface area (Å²) < 4.78 is 16.5. The molecule has 156 valence electrons. The molecule has 0 amide bonds. The summed E-state index contributed by atoms with van der Waals surface area (Å²) in [7, 11) is 0. The van der Waals surface area contributed by atoms with Gasteiger partial charge in [0.2, 0.25) is 5.89 Å². The van der Waals surface area contributed by atoms with Gasteiger partial charge in [0.1, 0.15) is 5.75 Å². The quantitative estimate of drug-likeness (QED) is 0.305. The molecule has 9 nitrogen and oxygen atoms in total. The van der Waals surface area contributed by atoms with Gasteiger partial charge in [0.15, 0.2) is 6.10 Å². The maximum atomic E-state index is 12.1. The number of aromatic nitrogens is 2. The lowest BCUT2D eigenvalue weighted by Gasteiger charge is -2.11. The average Bonchev–Trinajstić information content (AvgIpc) is 3.21. The summed E-state index contributed by atoms with van der Waals surface area (Å²) in [6.07, 6.45) is -0.668. The van der Waals surface area contributed by atoms with Crippen LogP contribution < -0.4 is 4.74 Å². The summed E-state index contributed by atoms with van der Waals surface area (Å²) in [6.45, 7) is 5.72. The van der Waals surface area contributed by atoms with E-state index in [1.54, 1.807) is 6.92 Å². The van der Waals surface area contributed by atoms with Crippen LogP contribution >= 0.6 is 0 Å². The highest BCUT2D eigenvalue weighted by Crippen LogP contribution is 2.24. The van der Waals surface area contributed by atoms with Gasteiger partial charge in [0.05, 0.1) is 18.0 Å². The number of benzene rings is 2. The highest BCUT2D eigenvalue weighted by molar-refractivity contribution is 5.69. The highest BCUT2D eigenvalue weighted by atomic mass is 16.6. The van der Waals surface area contributed by atoms with Crippen molar-refractivity contribution in [3.63, 3.8) is 0 Å². The second kappa shape index (κ2) is 9.17. The van der Waals surface area contributed by atoms with Gasteiger partial charge in [-0.15, -0.1) is 10.2 Å². The van der Waals surface area contributed by atoms with E-state index in [0.29, 0.717) is 5.56 Å². The SMILES string of the molecule is Cc1ccc(C)c(OCCC(=O)O[C@H](C)c2nnc(-c3ccc([N+](=O)[O-])cc3)o2)c1. The summed E-state index contributed by atoms with van der Waals surface area (Å²) in [5, 5.41) is 18.5. The third-order valence-electron chi connectivity index (χ3n) is 4.33. The molecule has 1 heterocycles. The molecule has 0 bridgehead atoms. The smallest absolute Gasteiger partial charge is 0.310 e. The number of esters is 1. The molecule has 2 aromatic carbocycles. The number of carbonyl (C=O) groups excluding carboxylic acids is 1. The molecule has 0 aliphatic carbocycles. The number of ether oxygens (including phenoxy) is 2. The van der Waals surface area contributed by atoms with Crippen LogP contribution in [0.15, 0.2) is 46.9 Å². The van der Waals surface area contributed by atoms with Gasteiger partial charge in [0, 0.05) is 17.7 Å². The molecule has 0 aliphatic rings. The van der Waals surface area contributed by atoms with Crippen molar-refractivity contribution < 1.29 is 23.6 Å². The first-order valence-corrected chi connectivity index (χ1v) is 9.31. The summed E-state index contributed by atoms with van der Waals surface area (Å²) in [6, 6.07) is 11.6. The zero-order valence-electron chi connectivity index (χ0n) is 16.8. The van der Waals surface area contributed by atoms with Crippen LogP contribution in [0.25, 0.3) is 11.5 Å². The number of rotatable bonds is 8. The Bertz CT molecular complexity index is 1050. The number of nitro groups is 1. The number of aryl methyl sites for hydroxylation is 2. The lowest BCUT2D eigenvalue weighted by Crippen LogP contribution is -2.13. The topological polar surface area (TPSA) is 118 Å². The summed E-state index contributed by atoms with van der Waals surface area (Å²) in [4.78, 5) is 22.3. The van der Waals surface area contributed by atoms with Crippen LogP contribution in [-0.2, 0) is 9.53 Å². The minimum absolute atomic E-state index is 0.0381. The van der Waals surface area contributed by atoms with Crippen molar-refractivity contribution >= 4 is 11.7 Å². The molecule has 0 fully saturated rings. The normalized spacial score (nSPS) is 11.7. The Balaban J connectivity index is 1.53. The molecule has 0 saturated carbocycles. The fourth-order valence-corrected chi connectivity index (χ4v) is 2.65. The van der Waals surface area contributed by atoms with Crippen molar-refractivity contribution in [1.82, 2.24) is 10.2 Å². The predicted octanol–water partition coefficient (Wildman–Crippen LogP) is 4.33. The number of nitro benzene ring substituents is 1. The van der Waals surface area contributed by atoms with E-state index in [1.807, 2.05) is 32.0 Å². The standard InChI is InChI=1S/C21H21N3O6/c1-13-4-5-14(2)18(12-13)28-11-10-19(25)29-15(3)20-22-23-21(30-20)16-6-8-17(9-7-16)24(26)27/h4-9,12,15H,10-11H2,1-3H3/t15-/m1/s1. The molecule has 1 aromatic heterocycles. The van der Waals surface area contributed by atoms with Crippen molar-refractivity contribution in [2.24, 2.45) is 0 Å². The van der Waals surface area contributed by atoms with E-state index in [4.69, 9.17) is 13.9 Å². The Morgan fingerprint density at radius 2 is 1.90 bits per heavy atom. The van der Waals surface area contributed by atoms with Crippen LogP contribution in [0.5, 0.6) is 5.75 Å². The largest absolute Gasteiger partial charge is 0.493 e. The zero-order chi connectivity index (χ0) is 21.7.